The molecule has 5 heteroatoms. The minimum Gasteiger partial charge on any atom is -0.462 e. The highest BCUT2D eigenvalue weighted by atomic mass is 16.6. The number of allylic oxidation sites excluding steroid dienone is 16. The highest BCUT2D eigenvalue weighted by molar-refractivity contribution is 5.70. The van der Waals surface area contributed by atoms with Gasteiger partial charge in [-0.3, -0.25) is 9.59 Å². The van der Waals surface area contributed by atoms with Gasteiger partial charge in [-0.15, -0.1) is 0 Å². The molecule has 0 aromatic heterocycles. The van der Waals surface area contributed by atoms with Gasteiger partial charge in [0.2, 0.25) is 0 Å². The Kier molecular flexibility index (Phi) is 27.9. The molecule has 0 aromatic rings. The highest BCUT2D eigenvalue weighted by Gasteiger charge is 2.15. The molecule has 0 heterocycles. The normalized spacial score (nSPS) is 13.6. The number of ether oxygens (including phenoxy) is 2. The Labute approximate surface area is 243 Å². The van der Waals surface area contributed by atoms with Crippen LogP contribution in [0.25, 0.3) is 0 Å². The zero-order chi connectivity index (χ0) is 29.4. The Hall–Kier alpha value is -3.18. The molecule has 0 amide bonds. The van der Waals surface area contributed by atoms with Crippen LogP contribution in [0.5, 0.6) is 0 Å². The highest BCUT2D eigenvalue weighted by Crippen LogP contribution is 2.09. The third-order valence-corrected chi connectivity index (χ3v) is 5.56. The van der Waals surface area contributed by atoms with Gasteiger partial charge in [-0.2, -0.15) is 0 Å². The maximum Gasteiger partial charge on any atom is 0.306 e. The molecule has 0 rings (SSSR count). The van der Waals surface area contributed by atoms with E-state index in [1.807, 2.05) is 66.8 Å². The fraction of sp³-hybridized carbons (Fsp3) is 0.486. The van der Waals surface area contributed by atoms with E-state index in [9.17, 15) is 14.7 Å². The standard InChI is InChI=1S/C35H52O5/c1-3-5-7-9-11-13-15-17-19-21-23-25-27-29-34(37)39-32-33(31-36)40-35(38)30-28-26-24-22-20-18-16-14-12-10-8-6-4-2/h5-16,18,20,22,24,33,36H,3-4,17,19,21,23,25-32H2,1-2H3/b7-5+,8-6+,11-9+,12-10+,15-13+,16-14+,20-18+,24-22+. The molecule has 5 nitrogen and oxygen atoms in total. The van der Waals surface area contributed by atoms with Crippen LogP contribution in [0.3, 0.4) is 0 Å². The predicted molar refractivity (Wildman–Crippen MR) is 168 cm³/mol. The summed E-state index contributed by atoms with van der Waals surface area (Å²) < 4.78 is 10.4. The first-order valence-electron chi connectivity index (χ1n) is 14.9. The smallest absolute Gasteiger partial charge is 0.306 e. The number of carbonyl (C=O) groups excluding carboxylic acids is 2. The topological polar surface area (TPSA) is 72.8 Å². The van der Waals surface area contributed by atoms with Gasteiger partial charge < -0.3 is 14.6 Å². The molecule has 0 aliphatic rings. The number of rotatable bonds is 24. The summed E-state index contributed by atoms with van der Waals surface area (Å²) in [7, 11) is 0. The number of hydrogen-bond acceptors (Lipinski definition) is 5. The average Bonchev–Trinajstić information content (AvgIpc) is 2.96. The van der Waals surface area contributed by atoms with Crippen molar-refractivity contribution in [3.8, 4) is 0 Å². The molecule has 0 bridgehead atoms. The van der Waals surface area contributed by atoms with E-state index in [1.54, 1.807) is 0 Å². The number of unbranched alkanes of at least 4 members (excludes halogenated alkanes) is 6. The summed E-state index contributed by atoms with van der Waals surface area (Å²) in [6.07, 6.45) is 41.8. The quantitative estimate of drug-likeness (QED) is 0.0737. The Morgan fingerprint density at radius 1 is 0.575 bits per heavy atom. The number of aliphatic hydroxyl groups excluding tert-OH is 1. The van der Waals surface area contributed by atoms with E-state index < -0.39 is 12.1 Å². The van der Waals surface area contributed by atoms with Crippen LogP contribution in [0.1, 0.15) is 90.9 Å². The third-order valence-electron chi connectivity index (χ3n) is 5.56. The zero-order valence-corrected chi connectivity index (χ0v) is 24.8. The minimum atomic E-state index is -0.821. The van der Waals surface area contributed by atoms with Crippen LogP contribution in [0.15, 0.2) is 97.2 Å². The molecule has 1 unspecified atom stereocenters. The molecule has 0 aliphatic heterocycles. The Morgan fingerprint density at radius 2 is 1.02 bits per heavy atom. The lowest BCUT2D eigenvalue weighted by molar-refractivity contribution is -0.161. The van der Waals surface area contributed by atoms with Crippen molar-refractivity contribution in [1.29, 1.82) is 0 Å². The van der Waals surface area contributed by atoms with Crippen LogP contribution >= 0.6 is 0 Å². The van der Waals surface area contributed by atoms with Crippen LogP contribution in [-0.2, 0) is 19.1 Å². The summed E-state index contributed by atoms with van der Waals surface area (Å²) in [6, 6.07) is 0. The summed E-state index contributed by atoms with van der Waals surface area (Å²) >= 11 is 0. The van der Waals surface area contributed by atoms with E-state index in [2.05, 4.69) is 44.2 Å². The SMILES string of the molecule is CC/C=C/C=C/C=C/C=C/C=C/CCCC(=O)OC(CO)COC(=O)CCCCCCC/C=C/C=C/C=C/CC. The maximum atomic E-state index is 12.0. The van der Waals surface area contributed by atoms with Crippen molar-refractivity contribution in [2.24, 2.45) is 0 Å². The molecule has 0 spiro atoms. The molecule has 1 atom stereocenters. The fourth-order valence-corrected chi connectivity index (χ4v) is 3.35. The zero-order valence-electron chi connectivity index (χ0n) is 24.8. The van der Waals surface area contributed by atoms with Crippen LogP contribution in [0, 0.1) is 0 Å². The van der Waals surface area contributed by atoms with Gasteiger partial charge in [0.25, 0.3) is 0 Å². The monoisotopic (exact) mass is 552 g/mol. The minimum absolute atomic E-state index is 0.113. The van der Waals surface area contributed by atoms with Crippen molar-refractivity contribution in [3.05, 3.63) is 97.2 Å². The van der Waals surface area contributed by atoms with Crippen LogP contribution < -0.4 is 0 Å². The lowest BCUT2D eigenvalue weighted by Crippen LogP contribution is -2.28. The lowest BCUT2D eigenvalue weighted by atomic mass is 10.1. The first-order valence-corrected chi connectivity index (χ1v) is 14.9. The van der Waals surface area contributed by atoms with Crippen molar-refractivity contribution in [1.82, 2.24) is 0 Å². The van der Waals surface area contributed by atoms with E-state index >= 15 is 0 Å². The van der Waals surface area contributed by atoms with Gasteiger partial charge >= 0.3 is 11.9 Å². The first-order chi connectivity index (χ1) is 19.6. The molecule has 0 fully saturated rings. The van der Waals surface area contributed by atoms with Gasteiger partial charge in [-0.25, -0.2) is 0 Å². The molecule has 0 saturated heterocycles. The van der Waals surface area contributed by atoms with Gasteiger partial charge in [-0.1, -0.05) is 130 Å². The second kappa shape index (κ2) is 30.4. The summed E-state index contributed by atoms with van der Waals surface area (Å²) in [6.45, 7) is 3.73. The van der Waals surface area contributed by atoms with E-state index in [0.29, 0.717) is 12.8 Å². The van der Waals surface area contributed by atoms with Gasteiger partial charge in [0.05, 0.1) is 6.61 Å². The fourth-order valence-electron chi connectivity index (χ4n) is 3.35. The second-order valence-electron chi connectivity index (χ2n) is 9.24. The Balaban J connectivity index is 3.83. The summed E-state index contributed by atoms with van der Waals surface area (Å²) in [5.41, 5.74) is 0. The van der Waals surface area contributed by atoms with Crippen molar-refractivity contribution in [2.45, 2.75) is 97.0 Å². The number of esters is 2. The molecule has 0 saturated carbocycles. The Bertz CT molecular complexity index is 855. The van der Waals surface area contributed by atoms with E-state index in [0.717, 1.165) is 57.8 Å². The average molecular weight is 553 g/mol. The molecular formula is C35H52O5. The molecule has 0 radical (unpaired) electrons. The predicted octanol–water partition coefficient (Wildman–Crippen LogP) is 8.60. The van der Waals surface area contributed by atoms with E-state index in [4.69, 9.17) is 9.47 Å². The van der Waals surface area contributed by atoms with Crippen molar-refractivity contribution in [3.63, 3.8) is 0 Å². The van der Waals surface area contributed by atoms with Crippen molar-refractivity contribution in [2.75, 3.05) is 13.2 Å². The molecule has 40 heavy (non-hydrogen) atoms. The van der Waals surface area contributed by atoms with Crippen LogP contribution in [0.2, 0.25) is 0 Å². The summed E-state index contributed by atoms with van der Waals surface area (Å²) in [5, 5.41) is 9.46. The van der Waals surface area contributed by atoms with Gasteiger partial charge in [0.15, 0.2) is 6.10 Å². The number of carbonyl (C=O) groups is 2. The molecular weight excluding hydrogens is 500 g/mol. The summed E-state index contributed by atoms with van der Waals surface area (Å²) in [4.78, 5) is 24.0. The first kappa shape index (κ1) is 36.8. The van der Waals surface area contributed by atoms with E-state index in [1.165, 1.54) is 0 Å². The number of hydrogen-bond donors (Lipinski definition) is 1. The summed E-state index contributed by atoms with van der Waals surface area (Å²) in [5.74, 6) is -0.719. The molecule has 0 aliphatic carbocycles. The van der Waals surface area contributed by atoms with Gasteiger partial charge in [-0.05, 0) is 44.9 Å². The maximum absolute atomic E-state index is 12.0. The van der Waals surface area contributed by atoms with Gasteiger partial charge in [0.1, 0.15) is 6.61 Å². The largest absolute Gasteiger partial charge is 0.462 e. The molecule has 222 valence electrons. The second-order valence-corrected chi connectivity index (χ2v) is 9.24. The van der Waals surface area contributed by atoms with Crippen LogP contribution in [0.4, 0.5) is 0 Å². The van der Waals surface area contributed by atoms with Gasteiger partial charge in [0, 0.05) is 12.8 Å². The van der Waals surface area contributed by atoms with E-state index in [-0.39, 0.29) is 25.6 Å². The third kappa shape index (κ3) is 27.8. The van der Waals surface area contributed by atoms with Crippen molar-refractivity contribution >= 4 is 11.9 Å². The Morgan fingerprint density at radius 3 is 1.57 bits per heavy atom. The van der Waals surface area contributed by atoms with Crippen LogP contribution in [-0.4, -0.2) is 36.4 Å². The molecule has 1 N–H and O–H groups in total. The van der Waals surface area contributed by atoms with Crippen molar-refractivity contribution < 1.29 is 24.2 Å². The number of aliphatic hydroxyl groups is 1. The lowest BCUT2D eigenvalue weighted by Gasteiger charge is -2.15. The molecule has 0 aromatic carbocycles.